The molecule has 0 aromatic heterocycles. The van der Waals surface area contributed by atoms with Crippen molar-refractivity contribution in [3.05, 3.63) is 65.5 Å². The molecule has 1 aliphatic carbocycles. The molecule has 0 radical (unpaired) electrons. The lowest BCUT2D eigenvalue weighted by Gasteiger charge is -2.22. The number of hydrogen-bond acceptors (Lipinski definition) is 2. The van der Waals surface area contributed by atoms with Gasteiger partial charge in [-0.1, -0.05) is 24.3 Å². The third-order valence-corrected chi connectivity index (χ3v) is 3.48. The molecule has 0 bridgehead atoms. The number of allylic oxidation sites excluding steroid dienone is 4. The fourth-order valence-electron chi connectivity index (χ4n) is 2.71. The number of amides is 1. The van der Waals surface area contributed by atoms with Crippen LogP contribution in [0.25, 0.3) is 0 Å². The van der Waals surface area contributed by atoms with Crippen LogP contribution in [0.1, 0.15) is 12.0 Å². The van der Waals surface area contributed by atoms with Crippen LogP contribution < -0.4 is 4.90 Å². The second kappa shape index (κ2) is 5.00. The number of para-hydroxylation sites is 1. The van der Waals surface area contributed by atoms with Gasteiger partial charge in [0.1, 0.15) is 0 Å². The zero-order valence-corrected chi connectivity index (χ0v) is 11.8. The summed E-state index contributed by atoms with van der Waals surface area (Å²) in [6, 6.07) is 8.00. The van der Waals surface area contributed by atoms with E-state index in [-0.39, 0.29) is 5.91 Å². The Morgan fingerprint density at radius 1 is 1.25 bits per heavy atom. The minimum Gasteiger partial charge on any atom is -0.383 e. The number of carbonyl (C=O) groups excluding carboxylic acids is 1. The maximum Gasteiger partial charge on any atom is 0.236 e. The topological polar surface area (TPSA) is 23.6 Å². The smallest absolute Gasteiger partial charge is 0.236 e. The molecule has 0 atom stereocenters. The lowest BCUT2D eigenvalue weighted by atomic mass is 10.1. The summed E-state index contributed by atoms with van der Waals surface area (Å²) >= 11 is 0. The number of anilines is 1. The van der Waals surface area contributed by atoms with Crippen LogP contribution in [-0.2, 0) is 11.2 Å². The van der Waals surface area contributed by atoms with Gasteiger partial charge in [0.25, 0.3) is 0 Å². The number of carbonyl (C=O) groups is 1. The summed E-state index contributed by atoms with van der Waals surface area (Å²) in [5.74, 6) is 0.146. The molecule has 0 saturated heterocycles. The molecule has 0 spiro atoms. The van der Waals surface area contributed by atoms with Crippen molar-refractivity contribution in [2.45, 2.75) is 12.8 Å². The minimum absolute atomic E-state index is 0.146. The van der Waals surface area contributed by atoms with Gasteiger partial charge in [-0.25, -0.2) is 0 Å². The van der Waals surface area contributed by atoms with E-state index in [0.717, 1.165) is 23.4 Å². The molecule has 0 saturated carbocycles. The van der Waals surface area contributed by atoms with Crippen molar-refractivity contribution in [1.82, 2.24) is 4.90 Å². The Bertz CT molecular complexity index is 638. The lowest BCUT2D eigenvalue weighted by molar-refractivity contribution is -0.116. The third-order valence-electron chi connectivity index (χ3n) is 3.48. The highest BCUT2D eigenvalue weighted by Gasteiger charge is 2.29. The van der Waals surface area contributed by atoms with Gasteiger partial charge in [0.2, 0.25) is 5.91 Å². The molecular weight excluding hydrogens is 248 g/mol. The summed E-state index contributed by atoms with van der Waals surface area (Å²) in [7, 11) is 4.02. The summed E-state index contributed by atoms with van der Waals surface area (Å²) < 4.78 is 0. The quantitative estimate of drug-likeness (QED) is 0.821. The van der Waals surface area contributed by atoms with Gasteiger partial charge in [-0.2, -0.15) is 0 Å². The van der Waals surface area contributed by atoms with Crippen molar-refractivity contribution >= 4 is 11.6 Å². The molecule has 3 nitrogen and oxygen atoms in total. The molecule has 1 amide bonds. The van der Waals surface area contributed by atoms with Crippen molar-refractivity contribution in [2.24, 2.45) is 0 Å². The Morgan fingerprint density at radius 3 is 2.85 bits per heavy atom. The maximum absolute atomic E-state index is 12.3. The van der Waals surface area contributed by atoms with Gasteiger partial charge in [-0.3, -0.25) is 9.69 Å². The first-order chi connectivity index (χ1) is 9.65. The largest absolute Gasteiger partial charge is 0.383 e. The van der Waals surface area contributed by atoms with Crippen molar-refractivity contribution < 1.29 is 4.79 Å². The minimum atomic E-state index is 0.146. The summed E-state index contributed by atoms with van der Waals surface area (Å²) in [5, 5.41) is 0. The average Bonchev–Trinajstić information content (AvgIpc) is 2.74. The van der Waals surface area contributed by atoms with Crippen LogP contribution >= 0.6 is 0 Å². The Balaban J connectivity index is 1.99. The van der Waals surface area contributed by atoms with E-state index in [2.05, 4.69) is 18.4 Å². The zero-order chi connectivity index (χ0) is 14.1. The van der Waals surface area contributed by atoms with Crippen molar-refractivity contribution in [3.63, 3.8) is 0 Å². The molecule has 1 aliphatic heterocycles. The first kappa shape index (κ1) is 12.7. The van der Waals surface area contributed by atoms with Crippen LogP contribution in [0.2, 0.25) is 0 Å². The van der Waals surface area contributed by atoms with Crippen molar-refractivity contribution in [3.8, 4) is 0 Å². The molecule has 102 valence electrons. The second-order valence-corrected chi connectivity index (χ2v) is 5.38. The van der Waals surface area contributed by atoms with E-state index in [9.17, 15) is 4.79 Å². The molecule has 1 aromatic rings. The number of nitrogens with zero attached hydrogens (tertiary/aromatic N) is 2. The van der Waals surface area contributed by atoms with E-state index in [1.54, 1.807) is 0 Å². The summed E-state index contributed by atoms with van der Waals surface area (Å²) in [5.41, 5.74) is 4.29. The first-order valence-corrected chi connectivity index (χ1v) is 6.81. The number of hydrogen-bond donors (Lipinski definition) is 0. The standard InChI is InChI=1S/C17H18N2O/c1-18(2)12-13-6-5-8-15(10-13)19-16-9-4-3-7-14(16)11-17(19)20/h3-5,7-10,12H,6,11H2,1-2H3. The Morgan fingerprint density at radius 2 is 2.05 bits per heavy atom. The van der Waals surface area contributed by atoms with Crippen LogP contribution in [0, 0.1) is 0 Å². The molecule has 2 aliphatic rings. The average molecular weight is 266 g/mol. The Kier molecular flexibility index (Phi) is 3.18. The number of benzene rings is 1. The normalized spacial score (nSPS) is 19.3. The summed E-state index contributed by atoms with van der Waals surface area (Å²) in [6.07, 6.45) is 9.74. The van der Waals surface area contributed by atoms with E-state index >= 15 is 0 Å². The van der Waals surface area contributed by atoms with E-state index < -0.39 is 0 Å². The zero-order valence-electron chi connectivity index (χ0n) is 11.8. The molecule has 0 unspecified atom stereocenters. The van der Waals surface area contributed by atoms with E-state index in [1.165, 1.54) is 5.57 Å². The van der Waals surface area contributed by atoms with Gasteiger partial charge in [0.15, 0.2) is 0 Å². The fraction of sp³-hybridized carbons (Fsp3) is 0.235. The third kappa shape index (κ3) is 2.27. The van der Waals surface area contributed by atoms with Gasteiger partial charge in [0.05, 0.1) is 12.1 Å². The van der Waals surface area contributed by atoms with E-state index in [4.69, 9.17) is 0 Å². The van der Waals surface area contributed by atoms with E-state index in [1.807, 2.05) is 54.2 Å². The SMILES string of the molecule is CN(C)C=C1C=C(N2C(=O)Cc3ccccc32)C=CC1. The van der Waals surface area contributed by atoms with Crippen molar-refractivity contribution in [1.29, 1.82) is 0 Å². The molecule has 20 heavy (non-hydrogen) atoms. The lowest BCUT2D eigenvalue weighted by Crippen LogP contribution is -2.25. The Labute approximate surface area is 119 Å². The predicted molar refractivity (Wildman–Crippen MR) is 81.2 cm³/mol. The van der Waals surface area contributed by atoms with Crippen LogP contribution in [-0.4, -0.2) is 24.9 Å². The van der Waals surface area contributed by atoms with Crippen molar-refractivity contribution in [2.75, 3.05) is 19.0 Å². The molecule has 0 fully saturated rings. The Hall–Kier alpha value is -2.29. The highest BCUT2D eigenvalue weighted by Crippen LogP contribution is 2.33. The van der Waals surface area contributed by atoms with E-state index in [0.29, 0.717) is 6.42 Å². The monoisotopic (exact) mass is 266 g/mol. The van der Waals surface area contributed by atoms with Crippen LogP contribution in [0.5, 0.6) is 0 Å². The van der Waals surface area contributed by atoms with Gasteiger partial charge in [-0.05, 0) is 35.8 Å². The second-order valence-electron chi connectivity index (χ2n) is 5.38. The fourth-order valence-corrected chi connectivity index (χ4v) is 2.71. The maximum atomic E-state index is 12.3. The van der Waals surface area contributed by atoms with Crippen LogP contribution in [0.3, 0.4) is 0 Å². The number of fused-ring (bicyclic) bond motifs is 1. The predicted octanol–water partition coefficient (Wildman–Crippen LogP) is 2.87. The molecule has 0 N–H and O–H groups in total. The molecule has 3 heteroatoms. The van der Waals surface area contributed by atoms with Gasteiger partial charge in [0, 0.05) is 26.0 Å². The van der Waals surface area contributed by atoms with Gasteiger partial charge >= 0.3 is 0 Å². The number of rotatable bonds is 2. The first-order valence-electron chi connectivity index (χ1n) is 6.81. The highest BCUT2D eigenvalue weighted by atomic mass is 16.2. The molecular formula is C17H18N2O. The summed E-state index contributed by atoms with van der Waals surface area (Å²) in [6.45, 7) is 0. The molecule has 1 aromatic carbocycles. The molecule has 1 heterocycles. The van der Waals surface area contributed by atoms with Crippen LogP contribution in [0.4, 0.5) is 5.69 Å². The summed E-state index contributed by atoms with van der Waals surface area (Å²) in [4.78, 5) is 16.1. The van der Waals surface area contributed by atoms with Gasteiger partial charge < -0.3 is 4.90 Å². The highest BCUT2D eigenvalue weighted by molar-refractivity contribution is 6.04. The van der Waals surface area contributed by atoms with Gasteiger partial charge in [-0.15, -0.1) is 0 Å². The van der Waals surface area contributed by atoms with Crippen LogP contribution in [0.15, 0.2) is 60.0 Å². The molecule has 3 rings (SSSR count).